The first-order valence-electron chi connectivity index (χ1n) is 8.84. The quantitative estimate of drug-likeness (QED) is 0.783. The van der Waals surface area contributed by atoms with Crippen LogP contribution < -0.4 is 9.47 Å². The first kappa shape index (κ1) is 14.5. The van der Waals surface area contributed by atoms with E-state index in [-0.39, 0.29) is 23.2 Å². The Hall–Kier alpha value is -1.81. The van der Waals surface area contributed by atoms with Crippen molar-refractivity contribution in [1.29, 1.82) is 0 Å². The summed E-state index contributed by atoms with van der Waals surface area (Å²) in [5.74, 6) is 2.45. The van der Waals surface area contributed by atoms with Gasteiger partial charge in [-0.05, 0) is 49.9 Å². The molecule has 1 saturated heterocycles. The Labute approximate surface area is 142 Å². The largest absolute Gasteiger partial charge is 0.493 e. The molecule has 2 unspecified atom stereocenters. The highest BCUT2D eigenvalue weighted by Crippen LogP contribution is 2.64. The van der Waals surface area contributed by atoms with Crippen molar-refractivity contribution < 1.29 is 14.3 Å². The van der Waals surface area contributed by atoms with Crippen LogP contribution in [0, 0.1) is 11.8 Å². The zero-order valence-electron chi connectivity index (χ0n) is 14.2. The number of likely N-dealkylation sites (N-methyl/N-ethyl adjacent to an activating group) is 1. The van der Waals surface area contributed by atoms with Gasteiger partial charge in [0.25, 0.3) is 0 Å². The number of ether oxygens (including phenoxy) is 2. The van der Waals surface area contributed by atoms with Crippen LogP contribution in [-0.4, -0.2) is 43.5 Å². The smallest absolute Gasteiger partial charge is 0.174 e. The lowest BCUT2D eigenvalue weighted by Gasteiger charge is -2.59. The number of methoxy groups -OCH3 is 1. The molecule has 1 aromatic carbocycles. The van der Waals surface area contributed by atoms with Crippen LogP contribution in [0.2, 0.25) is 0 Å². The number of carbonyl (C=O) groups excluding carboxylic acids is 1. The van der Waals surface area contributed by atoms with Crippen LogP contribution in [0.4, 0.5) is 0 Å². The number of carbonyl (C=O) groups is 1. The van der Waals surface area contributed by atoms with Crippen molar-refractivity contribution in [2.75, 3.05) is 20.7 Å². The molecule has 2 aliphatic carbocycles. The SMILES string of the molecule is C=CC1CC(=O)C2Oc3c(OC)ccc4c3[C@@]23CCN(C)[C@H](C4)[C@H]13. The summed E-state index contributed by atoms with van der Waals surface area (Å²) in [5, 5.41) is 0. The van der Waals surface area contributed by atoms with Gasteiger partial charge < -0.3 is 14.4 Å². The average Bonchev–Trinajstić information content (AvgIpc) is 2.94. The number of ketones is 1. The first-order valence-corrected chi connectivity index (χ1v) is 8.84. The molecule has 1 aromatic rings. The first-order chi connectivity index (χ1) is 11.6. The van der Waals surface area contributed by atoms with Crippen LogP contribution in [-0.2, 0) is 16.6 Å². The normalized spacial score (nSPS) is 39.2. The molecule has 1 saturated carbocycles. The minimum absolute atomic E-state index is 0.192. The van der Waals surface area contributed by atoms with Crippen LogP contribution in [0.25, 0.3) is 0 Å². The number of hydrogen-bond acceptors (Lipinski definition) is 4. The van der Waals surface area contributed by atoms with Crippen LogP contribution in [0.5, 0.6) is 11.5 Å². The number of likely N-dealkylation sites (tertiary alicyclic amines) is 1. The standard InChI is InChI=1S/C20H23NO3/c1-4-11-10-14(22)19-20-7-8-21(2)13(16(11)20)9-12-5-6-15(23-3)18(24-19)17(12)20/h4-6,11,13,16,19H,1,7-10H2,2-3H3/t11?,13-,16+,19?,20+/m1/s1. The molecule has 24 heavy (non-hydrogen) atoms. The lowest BCUT2D eigenvalue weighted by atomic mass is 9.49. The van der Waals surface area contributed by atoms with Crippen molar-refractivity contribution in [3.63, 3.8) is 0 Å². The second kappa shape index (κ2) is 4.63. The number of Topliss-reactive ketones (excluding diaryl/α,β-unsaturated/α-hetero) is 1. The zero-order valence-corrected chi connectivity index (χ0v) is 14.2. The second-order valence-corrected chi connectivity index (χ2v) is 7.77. The van der Waals surface area contributed by atoms with Crippen molar-refractivity contribution in [3.05, 3.63) is 35.9 Å². The highest BCUT2D eigenvalue weighted by atomic mass is 16.5. The molecular formula is C20H23NO3. The van der Waals surface area contributed by atoms with Gasteiger partial charge in [0, 0.05) is 23.4 Å². The summed E-state index contributed by atoms with van der Waals surface area (Å²) in [6.45, 7) is 5.06. The van der Waals surface area contributed by atoms with Crippen LogP contribution >= 0.6 is 0 Å². The average molecular weight is 325 g/mol. The lowest BCUT2D eigenvalue weighted by molar-refractivity contribution is -0.141. The van der Waals surface area contributed by atoms with E-state index in [2.05, 4.69) is 24.6 Å². The maximum atomic E-state index is 12.9. The summed E-state index contributed by atoms with van der Waals surface area (Å²) in [7, 11) is 3.89. The van der Waals surface area contributed by atoms with Crippen LogP contribution in [0.3, 0.4) is 0 Å². The van der Waals surface area contributed by atoms with Gasteiger partial charge in [-0.2, -0.15) is 0 Å². The summed E-state index contributed by atoms with van der Waals surface area (Å²) in [5.41, 5.74) is 2.41. The number of piperidine rings is 1. The Bertz CT molecular complexity index is 757. The summed E-state index contributed by atoms with van der Waals surface area (Å²) in [4.78, 5) is 15.4. The van der Waals surface area contributed by atoms with Gasteiger partial charge in [0.1, 0.15) is 0 Å². The van der Waals surface area contributed by atoms with Gasteiger partial charge in [0.2, 0.25) is 0 Å². The van der Waals surface area contributed by atoms with Crippen molar-refractivity contribution >= 4 is 5.78 Å². The Kier molecular flexibility index (Phi) is 2.80. The Morgan fingerprint density at radius 2 is 2.25 bits per heavy atom. The summed E-state index contributed by atoms with van der Waals surface area (Å²) in [6.07, 6.45) is 4.20. The van der Waals surface area contributed by atoms with Crippen LogP contribution in [0.1, 0.15) is 24.0 Å². The Morgan fingerprint density at radius 1 is 1.42 bits per heavy atom. The predicted octanol–water partition coefficient (Wildman–Crippen LogP) is 2.35. The van der Waals surface area contributed by atoms with Crippen molar-refractivity contribution in [1.82, 2.24) is 4.90 Å². The van der Waals surface area contributed by atoms with E-state index in [1.807, 2.05) is 12.1 Å². The van der Waals surface area contributed by atoms with Gasteiger partial charge in [-0.3, -0.25) is 4.79 Å². The van der Waals surface area contributed by atoms with Gasteiger partial charge in [-0.25, -0.2) is 0 Å². The molecule has 5 atom stereocenters. The fraction of sp³-hybridized carbons (Fsp3) is 0.550. The molecule has 0 N–H and O–H groups in total. The summed E-state index contributed by atoms with van der Waals surface area (Å²) >= 11 is 0. The third-order valence-electron chi connectivity index (χ3n) is 6.97. The van der Waals surface area contributed by atoms with E-state index in [9.17, 15) is 4.79 Å². The molecule has 2 bridgehead atoms. The fourth-order valence-corrected chi connectivity index (χ4v) is 6.05. The van der Waals surface area contributed by atoms with Gasteiger partial charge in [-0.1, -0.05) is 12.1 Å². The third-order valence-corrected chi connectivity index (χ3v) is 6.97. The molecule has 4 heteroatoms. The monoisotopic (exact) mass is 325 g/mol. The molecule has 126 valence electrons. The van der Waals surface area contributed by atoms with Gasteiger partial charge in [0.15, 0.2) is 23.4 Å². The predicted molar refractivity (Wildman–Crippen MR) is 90.6 cm³/mol. The summed E-state index contributed by atoms with van der Waals surface area (Å²) in [6, 6.07) is 4.62. The van der Waals surface area contributed by atoms with Crippen molar-refractivity contribution in [2.45, 2.75) is 36.8 Å². The van der Waals surface area contributed by atoms with Crippen LogP contribution in [0.15, 0.2) is 24.8 Å². The minimum Gasteiger partial charge on any atom is -0.493 e. The van der Waals surface area contributed by atoms with E-state index in [1.54, 1.807) is 7.11 Å². The minimum atomic E-state index is -0.347. The molecule has 2 heterocycles. The molecule has 4 aliphatic rings. The molecule has 5 rings (SSSR count). The van der Waals surface area contributed by atoms with E-state index >= 15 is 0 Å². The lowest BCUT2D eigenvalue weighted by Crippen LogP contribution is -2.67. The Balaban J connectivity index is 1.82. The maximum Gasteiger partial charge on any atom is 0.174 e. The number of rotatable bonds is 2. The molecule has 0 radical (unpaired) electrons. The van der Waals surface area contributed by atoms with E-state index in [4.69, 9.17) is 9.47 Å². The third kappa shape index (κ3) is 1.47. The molecule has 1 spiro atoms. The number of allylic oxidation sites excluding steroid dienone is 1. The van der Waals surface area contributed by atoms with Gasteiger partial charge >= 0.3 is 0 Å². The van der Waals surface area contributed by atoms with Gasteiger partial charge in [-0.15, -0.1) is 6.58 Å². The second-order valence-electron chi connectivity index (χ2n) is 7.77. The maximum absolute atomic E-state index is 12.9. The number of nitrogens with zero attached hydrogens (tertiary/aromatic N) is 1. The Morgan fingerprint density at radius 3 is 3.00 bits per heavy atom. The number of hydrogen-bond donors (Lipinski definition) is 0. The highest BCUT2D eigenvalue weighted by Gasteiger charge is 2.67. The molecule has 0 amide bonds. The highest BCUT2D eigenvalue weighted by molar-refractivity contribution is 5.89. The van der Waals surface area contributed by atoms with E-state index in [0.29, 0.717) is 18.4 Å². The molecule has 4 nitrogen and oxygen atoms in total. The zero-order chi connectivity index (χ0) is 16.6. The molecule has 2 aliphatic heterocycles. The van der Waals surface area contributed by atoms with Gasteiger partial charge in [0.05, 0.1) is 7.11 Å². The molecular weight excluding hydrogens is 302 g/mol. The fourth-order valence-electron chi connectivity index (χ4n) is 6.05. The van der Waals surface area contributed by atoms with E-state index < -0.39 is 0 Å². The van der Waals surface area contributed by atoms with E-state index in [0.717, 1.165) is 30.9 Å². The molecule has 0 aromatic heterocycles. The van der Waals surface area contributed by atoms with Crippen molar-refractivity contribution in [2.24, 2.45) is 11.8 Å². The van der Waals surface area contributed by atoms with E-state index in [1.165, 1.54) is 11.1 Å². The number of benzene rings is 1. The summed E-state index contributed by atoms with van der Waals surface area (Å²) < 4.78 is 11.9. The van der Waals surface area contributed by atoms with Crippen molar-refractivity contribution in [3.8, 4) is 11.5 Å². The topological polar surface area (TPSA) is 38.8 Å². The molecule has 2 fully saturated rings.